The van der Waals surface area contributed by atoms with E-state index in [-0.39, 0.29) is 17.3 Å². The summed E-state index contributed by atoms with van der Waals surface area (Å²) >= 11 is 12.8. The van der Waals surface area contributed by atoms with E-state index in [1.807, 2.05) is 18.2 Å². The lowest BCUT2D eigenvalue weighted by molar-refractivity contribution is -0.116. The number of hydrogen-bond acceptors (Lipinski definition) is 5. The Hall–Kier alpha value is -3.16. The molecule has 1 aromatic heterocycles. The van der Waals surface area contributed by atoms with Crippen molar-refractivity contribution in [2.75, 3.05) is 19.5 Å². The minimum absolute atomic E-state index is 0.0455. The van der Waals surface area contributed by atoms with Crippen molar-refractivity contribution < 1.29 is 14.3 Å². The molecule has 33 heavy (non-hydrogen) atoms. The highest BCUT2D eigenvalue weighted by Gasteiger charge is 2.41. The van der Waals surface area contributed by atoms with Gasteiger partial charge in [0.05, 0.1) is 29.8 Å². The number of nitrogens with one attached hydrogen (secondary N) is 3. The average molecular weight is 486 g/mol. The summed E-state index contributed by atoms with van der Waals surface area (Å²) in [5.74, 6) is 1.04. The molecular formula is C24H21Cl2N3O4. The van der Waals surface area contributed by atoms with Crippen LogP contribution in [0, 0.1) is 0 Å². The average Bonchev–Trinajstić information content (AvgIpc) is 3.19. The molecule has 3 N–H and O–H groups in total. The summed E-state index contributed by atoms with van der Waals surface area (Å²) < 4.78 is 10.8. The van der Waals surface area contributed by atoms with E-state index in [0.29, 0.717) is 56.9 Å². The predicted octanol–water partition coefficient (Wildman–Crippen LogP) is 4.99. The first kappa shape index (κ1) is 21.7. The first-order chi connectivity index (χ1) is 15.9. The van der Waals surface area contributed by atoms with Crippen LogP contribution >= 0.6 is 23.2 Å². The number of Topliss-reactive ketones (excluding diaryl/α,β-unsaturated/α-hetero) is 1. The van der Waals surface area contributed by atoms with Gasteiger partial charge >= 0.3 is 0 Å². The van der Waals surface area contributed by atoms with Gasteiger partial charge in [0.25, 0.3) is 5.56 Å². The Labute approximate surface area is 199 Å². The normalized spacial score (nSPS) is 19.6. The van der Waals surface area contributed by atoms with E-state index in [1.54, 1.807) is 32.4 Å². The smallest absolute Gasteiger partial charge is 0.270 e. The Bertz CT molecular complexity index is 1360. The number of fused-ring (bicyclic) bond motifs is 1. The van der Waals surface area contributed by atoms with E-state index in [1.165, 1.54) is 0 Å². The zero-order chi connectivity index (χ0) is 23.3. The molecule has 2 unspecified atom stereocenters. The van der Waals surface area contributed by atoms with Crippen molar-refractivity contribution in [2.24, 2.45) is 0 Å². The number of carbonyl (C=O) groups excluding carboxylic acids is 1. The van der Waals surface area contributed by atoms with Gasteiger partial charge in [0.1, 0.15) is 5.82 Å². The summed E-state index contributed by atoms with van der Waals surface area (Å²) in [6, 6.07) is 10.9. The second-order valence-electron chi connectivity index (χ2n) is 8.10. The summed E-state index contributed by atoms with van der Waals surface area (Å²) in [6.45, 7) is 0. The lowest BCUT2D eigenvalue weighted by Gasteiger charge is -2.35. The zero-order valence-corrected chi connectivity index (χ0v) is 19.4. The summed E-state index contributed by atoms with van der Waals surface area (Å²) in [7, 11) is 3.17. The molecule has 0 fully saturated rings. The van der Waals surface area contributed by atoms with Crippen LogP contribution in [0.2, 0.25) is 10.0 Å². The fraction of sp³-hybridized carbons (Fsp3) is 0.250. The summed E-state index contributed by atoms with van der Waals surface area (Å²) in [5, 5.41) is 9.49. The summed E-state index contributed by atoms with van der Waals surface area (Å²) in [4.78, 5) is 26.2. The molecule has 5 rings (SSSR count). The monoisotopic (exact) mass is 485 g/mol. The fourth-order valence-corrected chi connectivity index (χ4v) is 5.23. The number of rotatable bonds is 4. The number of aromatic amines is 2. The molecular weight excluding hydrogens is 465 g/mol. The van der Waals surface area contributed by atoms with Crippen LogP contribution in [-0.2, 0) is 4.79 Å². The minimum atomic E-state index is -0.615. The molecule has 2 atom stereocenters. The number of benzene rings is 2. The van der Waals surface area contributed by atoms with Crippen molar-refractivity contribution >= 4 is 34.8 Å². The van der Waals surface area contributed by atoms with Crippen LogP contribution in [-0.4, -0.2) is 30.2 Å². The number of hydrogen-bond donors (Lipinski definition) is 3. The van der Waals surface area contributed by atoms with E-state index in [4.69, 9.17) is 32.7 Å². The molecule has 0 radical (unpaired) electrons. The molecule has 0 saturated heterocycles. The molecule has 0 spiro atoms. The Morgan fingerprint density at radius 3 is 2.52 bits per heavy atom. The van der Waals surface area contributed by atoms with Gasteiger partial charge in [-0.05, 0) is 41.7 Å². The van der Waals surface area contributed by atoms with Gasteiger partial charge < -0.3 is 14.8 Å². The van der Waals surface area contributed by atoms with E-state index >= 15 is 0 Å². The molecule has 0 saturated carbocycles. The second-order valence-corrected chi connectivity index (χ2v) is 8.89. The molecule has 2 heterocycles. The Morgan fingerprint density at radius 1 is 0.970 bits per heavy atom. The van der Waals surface area contributed by atoms with Crippen molar-refractivity contribution in [3.63, 3.8) is 0 Å². The summed E-state index contributed by atoms with van der Waals surface area (Å²) in [6.07, 6.45) is 0.875. The highest BCUT2D eigenvalue weighted by atomic mass is 35.5. The fourth-order valence-electron chi connectivity index (χ4n) is 4.82. The molecule has 3 aromatic rings. The van der Waals surface area contributed by atoms with Crippen molar-refractivity contribution in [1.29, 1.82) is 0 Å². The number of aromatic nitrogens is 2. The Kier molecular flexibility index (Phi) is 5.46. The Balaban J connectivity index is 1.62. The van der Waals surface area contributed by atoms with Crippen LogP contribution in [0.5, 0.6) is 11.5 Å². The van der Waals surface area contributed by atoms with Crippen molar-refractivity contribution in [2.45, 2.75) is 24.7 Å². The van der Waals surface area contributed by atoms with Crippen LogP contribution in [0.4, 0.5) is 5.82 Å². The number of carbonyl (C=O) groups is 1. The zero-order valence-electron chi connectivity index (χ0n) is 17.9. The third-order valence-electron chi connectivity index (χ3n) is 6.35. The standard InChI is InChI=1S/C24H21Cl2N3O4/c1-32-17-7-6-11(10-18(17)33-2)12-8-15-20(16(30)9-12)19(13-4-3-5-14(25)22(13)26)21-23(27-15)28-29-24(21)31/h3-7,10,12,19H,8-9H2,1-2H3,(H3,27,28,29,31). The molecule has 1 aliphatic carbocycles. The lowest BCUT2D eigenvalue weighted by atomic mass is 9.72. The van der Waals surface area contributed by atoms with Crippen LogP contribution in [0.15, 0.2) is 52.5 Å². The maximum absolute atomic E-state index is 13.6. The van der Waals surface area contributed by atoms with Crippen LogP contribution in [0.25, 0.3) is 0 Å². The van der Waals surface area contributed by atoms with Crippen LogP contribution < -0.4 is 20.3 Å². The molecule has 7 nitrogen and oxygen atoms in total. The predicted molar refractivity (Wildman–Crippen MR) is 127 cm³/mol. The molecule has 170 valence electrons. The molecule has 0 amide bonds. The van der Waals surface area contributed by atoms with E-state index in [2.05, 4.69) is 15.5 Å². The molecule has 2 aliphatic rings. The van der Waals surface area contributed by atoms with Crippen molar-refractivity contribution in [3.8, 4) is 11.5 Å². The number of H-pyrrole nitrogens is 2. The highest BCUT2D eigenvalue weighted by Crippen LogP contribution is 2.49. The largest absolute Gasteiger partial charge is 0.493 e. The molecule has 2 aromatic carbocycles. The van der Waals surface area contributed by atoms with Gasteiger partial charge in [-0.15, -0.1) is 0 Å². The van der Waals surface area contributed by atoms with Gasteiger partial charge in [0, 0.05) is 23.6 Å². The maximum Gasteiger partial charge on any atom is 0.270 e. The third-order valence-corrected chi connectivity index (χ3v) is 7.18. The van der Waals surface area contributed by atoms with Gasteiger partial charge in [0.15, 0.2) is 17.3 Å². The topological polar surface area (TPSA) is 96.2 Å². The molecule has 0 bridgehead atoms. The van der Waals surface area contributed by atoms with Crippen LogP contribution in [0.3, 0.4) is 0 Å². The number of ketones is 1. The SMILES string of the molecule is COc1ccc(C2CC(=O)C3=C(C2)Nc2[nH][nH]c(=O)c2C3c2cccc(Cl)c2Cl)cc1OC. The van der Waals surface area contributed by atoms with Gasteiger partial charge in [0.2, 0.25) is 0 Å². The first-order valence-corrected chi connectivity index (χ1v) is 11.2. The van der Waals surface area contributed by atoms with Gasteiger partial charge in [-0.3, -0.25) is 19.8 Å². The minimum Gasteiger partial charge on any atom is -0.493 e. The van der Waals surface area contributed by atoms with Gasteiger partial charge in [-0.25, -0.2) is 0 Å². The quantitative estimate of drug-likeness (QED) is 0.483. The molecule has 1 aliphatic heterocycles. The van der Waals surface area contributed by atoms with E-state index < -0.39 is 5.92 Å². The Morgan fingerprint density at radius 2 is 1.76 bits per heavy atom. The van der Waals surface area contributed by atoms with Gasteiger partial charge in [-0.2, -0.15) is 0 Å². The third kappa shape index (κ3) is 3.52. The van der Waals surface area contributed by atoms with Crippen molar-refractivity contribution in [3.05, 3.63) is 84.8 Å². The number of allylic oxidation sites excluding steroid dienone is 2. The molecule has 9 heteroatoms. The number of ether oxygens (including phenoxy) is 2. The first-order valence-electron chi connectivity index (χ1n) is 10.4. The maximum atomic E-state index is 13.6. The number of halogens is 2. The second kappa shape index (κ2) is 8.32. The number of methoxy groups -OCH3 is 2. The summed E-state index contributed by atoms with van der Waals surface area (Å²) in [5.41, 5.74) is 3.03. The highest BCUT2D eigenvalue weighted by molar-refractivity contribution is 6.42. The lowest BCUT2D eigenvalue weighted by Crippen LogP contribution is -2.31. The van der Waals surface area contributed by atoms with Crippen LogP contribution in [0.1, 0.15) is 41.4 Å². The van der Waals surface area contributed by atoms with Gasteiger partial charge in [-0.1, -0.05) is 41.4 Å². The van der Waals surface area contributed by atoms with E-state index in [9.17, 15) is 9.59 Å². The number of anilines is 1. The van der Waals surface area contributed by atoms with E-state index in [0.717, 1.165) is 11.3 Å². The van der Waals surface area contributed by atoms with Crippen molar-refractivity contribution in [1.82, 2.24) is 10.2 Å².